The van der Waals surface area contributed by atoms with Crippen LogP contribution in [0.2, 0.25) is 0 Å². The van der Waals surface area contributed by atoms with Gasteiger partial charge in [0.1, 0.15) is 5.82 Å². The molecule has 7 nitrogen and oxygen atoms in total. The number of hydrogen-bond donors (Lipinski definition) is 3. The molecule has 9 heteroatoms. The number of ether oxygens (including phenoxy) is 1. The van der Waals surface area contributed by atoms with Gasteiger partial charge in [0.15, 0.2) is 11.6 Å². The van der Waals surface area contributed by atoms with E-state index in [-0.39, 0.29) is 40.6 Å². The van der Waals surface area contributed by atoms with Crippen LogP contribution in [0, 0.1) is 17.6 Å². The molecule has 5 N–H and O–H groups in total. The van der Waals surface area contributed by atoms with Gasteiger partial charge in [-0.05, 0) is 48.7 Å². The fraction of sp³-hybridized carbons (Fsp3) is 0.292. The van der Waals surface area contributed by atoms with E-state index in [1.54, 1.807) is 23.1 Å². The fourth-order valence-electron chi connectivity index (χ4n) is 3.68. The van der Waals surface area contributed by atoms with Crippen molar-refractivity contribution < 1.29 is 28.5 Å². The molecule has 3 rings (SSSR count). The van der Waals surface area contributed by atoms with Crippen LogP contribution in [0.4, 0.5) is 20.2 Å². The minimum Gasteiger partial charge on any atom is -0.494 e. The Bertz CT molecular complexity index is 1110. The molecule has 0 aliphatic carbocycles. The Labute approximate surface area is 190 Å². The highest BCUT2D eigenvalue weighted by atomic mass is 19.1. The van der Waals surface area contributed by atoms with Crippen molar-refractivity contribution in [2.45, 2.75) is 19.8 Å². The smallest absolute Gasteiger partial charge is 0.227 e. The molecular weight excluding hydrogens is 430 g/mol. The summed E-state index contributed by atoms with van der Waals surface area (Å²) in [5.41, 5.74) is 7.26. The molecule has 0 bridgehead atoms. The van der Waals surface area contributed by atoms with E-state index < -0.39 is 11.6 Å². The number of carbonyl (C=O) groups is 2. The van der Waals surface area contributed by atoms with Gasteiger partial charge in [0.05, 0.1) is 18.4 Å². The van der Waals surface area contributed by atoms with Crippen molar-refractivity contribution >= 4 is 35.0 Å². The highest BCUT2D eigenvalue weighted by Gasteiger charge is 2.27. The van der Waals surface area contributed by atoms with Crippen LogP contribution in [0.25, 0.3) is 6.08 Å². The minimum atomic E-state index is -0.675. The van der Waals surface area contributed by atoms with Crippen LogP contribution in [-0.2, 0) is 9.59 Å². The molecule has 0 unspecified atom stereocenters. The maximum atomic E-state index is 14.5. The minimum absolute atomic E-state index is 0.0266. The van der Waals surface area contributed by atoms with E-state index in [0.29, 0.717) is 37.1 Å². The molecule has 174 valence electrons. The average molecular weight is 458 g/mol. The first-order chi connectivity index (χ1) is 15.7. The van der Waals surface area contributed by atoms with Crippen molar-refractivity contribution in [2.75, 3.05) is 31.2 Å². The molecular formula is C24H27F2N4O3+. The van der Waals surface area contributed by atoms with Gasteiger partial charge in [-0.2, -0.15) is 0 Å². The van der Waals surface area contributed by atoms with Crippen molar-refractivity contribution in [3.05, 3.63) is 59.2 Å². The number of nitrogens with zero attached hydrogens (tertiary/aromatic N) is 1. The second kappa shape index (κ2) is 10.2. The topological polar surface area (TPSA) is 110 Å². The largest absolute Gasteiger partial charge is 0.494 e. The summed E-state index contributed by atoms with van der Waals surface area (Å²) in [7, 11) is 1.37. The maximum Gasteiger partial charge on any atom is 0.227 e. The molecule has 33 heavy (non-hydrogen) atoms. The summed E-state index contributed by atoms with van der Waals surface area (Å²) in [4.78, 5) is 25.8. The lowest BCUT2D eigenvalue weighted by atomic mass is 9.95. The molecule has 1 saturated heterocycles. The summed E-state index contributed by atoms with van der Waals surface area (Å²) in [6, 6.07) is 6.83. The van der Waals surface area contributed by atoms with Gasteiger partial charge in [0, 0.05) is 37.7 Å². The summed E-state index contributed by atoms with van der Waals surface area (Å²) in [6.45, 7) is 2.47. The molecule has 1 aliphatic rings. The SMILES string of the molecule is COc1cc(/C=C/C(=[NH2+])c2cc(NC(=O)C3CCN(C(C)=O)CC3)c(F)cc2N)ccc1F. The number of methoxy groups -OCH3 is 1. The van der Waals surface area contributed by atoms with Crippen LogP contribution in [-0.4, -0.2) is 42.6 Å². The Balaban J connectivity index is 1.73. The van der Waals surface area contributed by atoms with Gasteiger partial charge in [0.2, 0.25) is 17.5 Å². The standard InChI is InChI=1S/C24H26F2N4O3/c1-14(31)30-9-7-16(8-10-30)24(32)29-22-12-17(21(28)13-19(22)26)20(27)6-4-15-3-5-18(25)23(11-15)33-2/h3-6,11-13,16,27H,7-10,28H2,1-2H3,(H,29,32)/p+1/b6-4+,27-20?. The van der Waals surface area contributed by atoms with Gasteiger partial charge in [0.25, 0.3) is 0 Å². The summed E-state index contributed by atoms with van der Waals surface area (Å²) in [5, 5.41) is 8.77. The molecule has 2 aromatic rings. The Morgan fingerprint density at radius 3 is 2.52 bits per heavy atom. The molecule has 0 saturated carbocycles. The second-order valence-electron chi connectivity index (χ2n) is 7.87. The average Bonchev–Trinajstić information content (AvgIpc) is 2.80. The van der Waals surface area contributed by atoms with Gasteiger partial charge in [-0.1, -0.05) is 6.07 Å². The van der Waals surface area contributed by atoms with Crippen LogP contribution >= 0.6 is 0 Å². The third-order valence-corrected chi connectivity index (χ3v) is 5.65. The van der Waals surface area contributed by atoms with E-state index in [9.17, 15) is 18.4 Å². The zero-order valence-electron chi connectivity index (χ0n) is 18.5. The first-order valence-electron chi connectivity index (χ1n) is 10.5. The Morgan fingerprint density at radius 1 is 1.18 bits per heavy atom. The molecule has 2 aromatic carbocycles. The van der Waals surface area contributed by atoms with E-state index >= 15 is 0 Å². The lowest BCUT2D eigenvalue weighted by molar-refractivity contribution is -0.132. The van der Waals surface area contributed by atoms with Crippen molar-refractivity contribution in [3.8, 4) is 5.75 Å². The molecule has 0 spiro atoms. The molecule has 2 amide bonds. The summed E-state index contributed by atoms with van der Waals surface area (Å²) in [5.74, 6) is -1.74. The van der Waals surface area contributed by atoms with E-state index in [2.05, 4.69) is 5.32 Å². The van der Waals surface area contributed by atoms with Gasteiger partial charge in [-0.25, -0.2) is 8.78 Å². The summed E-state index contributed by atoms with van der Waals surface area (Å²) >= 11 is 0. The number of benzene rings is 2. The van der Waals surface area contributed by atoms with Crippen LogP contribution in [0.3, 0.4) is 0 Å². The van der Waals surface area contributed by atoms with Crippen molar-refractivity contribution in [1.82, 2.24) is 4.90 Å². The zero-order chi connectivity index (χ0) is 24.1. The van der Waals surface area contributed by atoms with Crippen molar-refractivity contribution in [1.29, 1.82) is 0 Å². The van der Waals surface area contributed by atoms with E-state index in [1.807, 2.05) is 0 Å². The Kier molecular flexibility index (Phi) is 7.42. The predicted octanol–water partition coefficient (Wildman–Crippen LogP) is 2.01. The van der Waals surface area contributed by atoms with Crippen LogP contribution in [0.15, 0.2) is 36.4 Å². The van der Waals surface area contributed by atoms with Crippen LogP contribution < -0.4 is 21.2 Å². The van der Waals surface area contributed by atoms with Crippen LogP contribution in [0.5, 0.6) is 5.75 Å². The van der Waals surface area contributed by atoms with Crippen molar-refractivity contribution in [3.63, 3.8) is 0 Å². The highest BCUT2D eigenvalue weighted by Crippen LogP contribution is 2.25. The normalized spacial score (nSPS) is 14.4. The van der Waals surface area contributed by atoms with Crippen LogP contribution in [0.1, 0.15) is 30.9 Å². The van der Waals surface area contributed by atoms with E-state index in [1.165, 1.54) is 32.2 Å². The highest BCUT2D eigenvalue weighted by molar-refractivity contribution is 6.11. The lowest BCUT2D eigenvalue weighted by Gasteiger charge is -2.30. The molecule has 0 atom stereocenters. The number of piperidine rings is 1. The van der Waals surface area contributed by atoms with E-state index in [4.69, 9.17) is 15.9 Å². The second-order valence-corrected chi connectivity index (χ2v) is 7.87. The number of halogens is 2. The molecule has 0 radical (unpaired) electrons. The maximum absolute atomic E-state index is 14.5. The Hall–Kier alpha value is -3.75. The van der Waals surface area contributed by atoms with Gasteiger partial charge in [-0.15, -0.1) is 0 Å². The number of amides is 2. The Morgan fingerprint density at radius 2 is 1.88 bits per heavy atom. The summed E-state index contributed by atoms with van der Waals surface area (Å²) < 4.78 is 33.0. The number of allylic oxidation sites excluding steroid dienone is 1. The number of carbonyl (C=O) groups excluding carboxylic acids is 2. The first-order valence-corrected chi connectivity index (χ1v) is 10.5. The molecule has 1 aliphatic heterocycles. The number of anilines is 2. The number of nitrogen functional groups attached to an aromatic ring is 1. The number of likely N-dealkylation sites (tertiary alicyclic amines) is 1. The molecule has 0 aromatic heterocycles. The lowest BCUT2D eigenvalue weighted by Crippen LogP contribution is -2.40. The fourth-order valence-corrected chi connectivity index (χ4v) is 3.68. The number of hydrogen-bond acceptors (Lipinski definition) is 4. The monoisotopic (exact) mass is 457 g/mol. The van der Waals surface area contributed by atoms with Gasteiger partial charge < -0.3 is 20.7 Å². The molecule has 1 heterocycles. The number of nitrogens with two attached hydrogens (primary N) is 2. The third-order valence-electron chi connectivity index (χ3n) is 5.65. The quantitative estimate of drug-likeness (QED) is 0.455. The predicted molar refractivity (Wildman–Crippen MR) is 122 cm³/mol. The number of rotatable bonds is 6. The van der Waals surface area contributed by atoms with Gasteiger partial charge in [-0.3, -0.25) is 15.0 Å². The summed E-state index contributed by atoms with van der Waals surface area (Å²) in [6.07, 6.45) is 4.21. The van der Waals surface area contributed by atoms with Gasteiger partial charge >= 0.3 is 0 Å². The molecule has 1 fully saturated rings. The van der Waals surface area contributed by atoms with E-state index in [0.717, 1.165) is 6.07 Å². The van der Waals surface area contributed by atoms with Crippen molar-refractivity contribution in [2.24, 2.45) is 5.92 Å². The first kappa shape index (κ1) is 23.9. The zero-order valence-corrected chi connectivity index (χ0v) is 18.5. The third kappa shape index (κ3) is 5.74. The number of nitrogens with one attached hydrogen (secondary N) is 1.